The first kappa shape index (κ1) is 13.2. The first-order chi connectivity index (χ1) is 7.17. The van der Waals surface area contributed by atoms with E-state index in [-0.39, 0.29) is 0 Å². The molecule has 0 unspecified atom stereocenters. The Hall–Kier alpha value is 0.180. The van der Waals surface area contributed by atoms with Gasteiger partial charge in [0.15, 0.2) is 0 Å². The minimum absolute atomic E-state index is 0.756. The molecule has 0 spiro atoms. The summed E-state index contributed by atoms with van der Waals surface area (Å²) in [5, 5.41) is 10.3. The molecule has 0 saturated carbocycles. The molecule has 0 fully saturated rings. The van der Waals surface area contributed by atoms with Crippen LogP contribution >= 0.6 is 59.3 Å². The minimum Gasteiger partial charge on any atom is -0.339 e. The Morgan fingerprint density at radius 3 is 1.80 bits per heavy atom. The lowest BCUT2D eigenvalue weighted by Gasteiger charge is -2.08. The lowest BCUT2D eigenvalue weighted by molar-refractivity contribution is 1.75. The van der Waals surface area contributed by atoms with Crippen LogP contribution in [0.5, 0.6) is 0 Å². The Labute approximate surface area is 113 Å². The summed E-state index contributed by atoms with van der Waals surface area (Å²) in [5.41, 5.74) is 1.96. The van der Waals surface area contributed by atoms with Gasteiger partial charge in [0.05, 0.1) is 11.4 Å². The van der Waals surface area contributed by atoms with Gasteiger partial charge in [-0.15, -0.1) is 34.9 Å². The number of nitrogens with one attached hydrogen (secondary N) is 2. The van der Waals surface area contributed by atoms with Gasteiger partial charge >= 0.3 is 0 Å². The molecule has 0 bridgehead atoms. The van der Waals surface area contributed by atoms with Gasteiger partial charge in [-0.3, -0.25) is 0 Å². The SMILES string of the molecule is CSC(=S)Nc1cscc1NC(=S)SC. The molecule has 15 heavy (non-hydrogen) atoms. The highest BCUT2D eigenvalue weighted by atomic mass is 32.2. The fourth-order valence-corrected chi connectivity index (χ4v) is 2.17. The van der Waals surface area contributed by atoms with Crippen molar-refractivity contribution in [3.8, 4) is 0 Å². The van der Waals surface area contributed by atoms with Crippen molar-refractivity contribution >= 4 is 79.3 Å². The van der Waals surface area contributed by atoms with E-state index >= 15 is 0 Å². The van der Waals surface area contributed by atoms with Crippen LogP contribution in [0.2, 0.25) is 0 Å². The summed E-state index contributed by atoms with van der Waals surface area (Å²) in [7, 11) is 0. The maximum atomic E-state index is 5.10. The minimum atomic E-state index is 0.756. The molecule has 1 heterocycles. The van der Waals surface area contributed by atoms with Crippen LogP contribution in [0.4, 0.5) is 11.4 Å². The first-order valence-electron chi connectivity index (χ1n) is 3.93. The van der Waals surface area contributed by atoms with Crippen LogP contribution in [-0.2, 0) is 0 Å². The van der Waals surface area contributed by atoms with Gasteiger partial charge in [0.1, 0.15) is 8.64 Å². The van der Waals surface area contributed by atoms with E-state index < -0.39 is 0 Å². The Kier molecular flexibility index (Phi) is 5.91. The zero-order valence-corrected chi connectivity index (χ0v) is 12.3. The molecule has 0 saturated heterocycles. The van der Waals surface area contributed by atoms with E-state index in [1.54, 1.807) is 11.3 Å². The van der Waals surface area contributed by atoms with Crippen molar-refractivity contribution < 1.29 is 0 Å². The van der Waals surface area contributed by atoms with Gasteiger partial charge in [0.25, 0.3) is 0 Å². The van der Waals surface area contributed by atoms with Crippen molar-refractivity contribution in [2.24, 2.45) is 0 Å². The summed E-state index contributed by atoms with van der Waals surface area (Å²) < 4.78 is 1.51. The smallest absolute Gasteiger partial charge is 0.137 e. The molecule has 2 N–H and O–H groups in total. The topological polar surface area (TPSA) is 24.1 Å². The molecule has 0 radical (unpaired) electrons. The second kappa shape index (κ2) is 6.70. The average molecular weight is 295 g/mol. The van der Waals surface area contributed by atoms with Crippen LogP contribution < -0.4 is 10.6 Å². The zero-order chi connectivity index (χ0) is 11.3. The maximum absolute atomic E-state index is 5.10. The molecule has 0 aromatic carbocycles. The van der Waals surface area contributed by atoms with E-state index in [0.717, 1.165) is 20.0 Å². The zero-order valence-electron chi connectivity index (χ0n) is 8.20. The van der Waals surface area contributed by atoms with E-state index in [1.807, 2.05) is 23.3 Å². The lowest BCUT2D eigenvalue weighted by Crippen LogP contribution is -2.08. The van der Waals surface area contributed by atoms with Crippen molar-refractivity contribution in [3.05, 3.63) is 10.8 Å². The Balaban J connectivity index is 2.69. The van der Waals surface area contributed by atoms with E-state index in [0.29, 0.717) is 0 Å². The van der Waals surface area contributed by atoms with Crippen LogP contribution in [0.15, 0.2) is 10.8 Å². The summed E-state index contributed by atoms with van der Waals surface area (Å²) in [4.78, 5) is 0. The molecular formula is C8H10N2S5. The van der Waals surface area contributed by atoms with Crippen molar-refractivity contribution in [3.63, 3.8) is 0 Å². The van der Waals surface area contributed by atoms with Crippen molar-refractivity contribution in [1.82, 2.24) is 0 Å². The molecule has 0 aliphatic rings. The molecule has 2 nitrogen and oxygen atoms in total. The van der Waals surface area contributed by atoms with Crippen molar-refractivity contribution in [2.45, 2.75) is 0 Å². The number of thiophene rings is 1. The number of hydrogen-bond donors (Lipinski definition) is 2. The third-order valence-corrected chi connectivity index (χ3v) is 4.40. The van der Waals surface area contributed by atoms with E-state index in [9.17, 15) is 0 Å². The third-order valence-electron chi connectivity index (χ3n) is 1.51. The third kappa shape index (κ3) is 4.28. The van der Waals surface area contributed by atoms with Gasteiger partial charge in [-0.05, 0) is 12.5 Å². The normalized spacial score (nSPS) is 9.73. The average Bonchev–Trinajstić information content (AvgIpc) is 2.65. The summed E-state index contributed by atoms with van der Waals surface area (Å²) in [5.74, 6) is 0. The fourth-order valence-electron chi connectivity index (χ4n) is 0.813. The molecule has 1 aromatic rings. The molecular weight excluding hydrogens is 284 g/mol. The number of thiocarbonyl (C=S) groups is 2. The monoisotopic (exact) mass is 294 g/mol. The number of rotatable bonds is 2. The van der Waals surface area contributed by atoms with Crippen LogP contribution in [-0.4, -0.2) is 21.2 Å². The second-order valence-corrected chi connectivity index (χ2v) is 6.14. The summed E-state index contributed by atoms with van der Waals surface area (Å²) in [6.07, 6.45) is 3.89. The second-order valence-electron chi connectivity index (χ2n) is 2.43. The quantitative estimate of drug-likeness (QED) is 0.803. The van der Waals surface area contributed by atoms with Crippen molar-refractivity contribution in [2.75, 3.05) is 23.1 Å². The predicted molar refractivity (Wildman–Crippen MR) is 83.8 cm³/mol. The number of thioether (sulfide) groups is 2. The van der Waals surface area contributed by atoms with E-state index in [2.05, 4.69) is 10.6 Å². The van der Waals surface area contributed by atoms with Gasteiger partial charge in [0, 0.05) is 10.8 Å². The molecule has 0 aliphatic heterocycles. The Morgan fingerprint density at radius 2 is 1.47 bits per heavy atom. The number of hydrogen-bond acceptors (Lipinski definition) is 5. The maximum Gasteiger partial charge on any atom is 0.137 e. The Morgan fingerprint density at radius 1 is 1.07 bits per heavy atom. The van der Waals surface area contributed by atoms with Gasteiger partial charge < -0.3 is 10.6 Å². The summed E-state index contributed by atoms with van der Waals surface area (Å²) >= 11 is 14.8. The largest absolute Gasteiger partial charge is 0.339 e. The highest BCUT2D eigenvalue weighted by molar-refractivity contribution is 8.23. The van der Waals surface area contributed by atoms with E-state index in [4.69, 9.17) is 24.4 Å². The summed E-state index contributed by atoms with van der Waals surface area (Å²) in [6.45, 7) is 0. The summed E-state index contributed by atoms with van der Waals surface area (Å²) in [6, 6.07) is 0. The molecule has 0 atom stereocenters. The van der Waals surface area contributed by atoms with Crippen LogP contribution in [0.25, 0.3) is 0 Å². The first-order valence-corrected chi connectivity index (χ1v) is 8.14. The van der Waals surface area contributed by atoms with Gasteiger partial charge in [-0.2, -0.15) is 0 Å². The van der Waals surface area contributed by atoms with Crippen LogP contribution in [0, 0.1) is 0 Å². The van der Waals surface area contributed by atoms with E-state index in [1.165, 1.54) is 23.5 Å². The Bertz CT molecular complexity index is 327. The highest BCUT2D eigenvalue weighted by Crippen LogP contribution is 2.28. The van der Waals surface area contributed by atoms with Gasteiger partial charge in [-0.25, -0.2) is 0 Å². The lowest BCUT2D eigenvalue weighted by atomic mass is 10.4. The van der Waals surface area contributed by atoms with Crippen molar-refractivity contribution in [1.29, 1.82) is 0 Å². The van der Waals surface area contributed by atoms with Gasteiger partial charge in [0.2, 0.25) is 0 Å². The van der Waals surface area contributed by atoms with Gasteiger partial charge in [-0.1, -0.05) is 24.4 Å². The molecule has 1 rings (SSSR count). The molecule has 1 aromatic heterocycles. The molecule has 7 heteroatoms. The fraction of sp³-hybridized carbons (Fsp3) is 0.250. The molecule has 0 aliphatic carbocycles. The number of anilines is 2. The highest BCUT2D eigenvalue weighted by Gasteiger charge is 2.06. The predicted octanol–water partition coefficient (Wildman–Crippen LogP) is 3.87. The standard InChI is InChI=1S/C8H10N2S5/c1-13-7(11)9-5-3-15-4-6(5)10-8(12)14-2/h3-4H,1-2H3,(H,9,11)(H,10,12). The van der Waals surface area contributed by atoms with Crippen LogP contribution in [0.1, 0.15) is 0 Å². The molecule has 0 amide bonds. The molecule has 82 valence electrons. The van der Waals surface area contributed by atoms with Crippen LogP contribution in [0.3, 0.4) is 0 Å².